The van der Waals surface area contributed by atoms with Gasteiger partial charge < -0.3 is 5.32 Å². The molecule has 4 nitrogen and oxygen atoms in total. The van der Waals surface area contributed by atoms with E-state index < -0.39 is 0 Å². The van der Waals surface area contributed by atoms with E-state index >= 15 is 0 Å². The van der Waals surface area contributed by atoms with Gasteiger partial charge in [0.1, 0.15) is 0 Å². The molecule has 2 aromatic heterocycles. The van der Waals surface area contributed by atoms with Crippen LogP contribution >= 0.6 is 0 Å². The molecule has 0 aliphatic heterocycles. The summed E-state index contributed by atoms with van der Waals surface area (Å²) in [4.78, 5) is 8.47. The molecule has 3 rings (SSSR count). The zero-order valence-corrected chi connectivity index (χ0v) is 9.43. The molecular formula is C12H16N4. The van der Waals surface area contributed by atoms with Crippen molar-refractivity contribution in [3.63, 3.8) is 0 Å². The van der Waals surface area contributed by atoms with Crippen LogP contribution in [-0.4, -0.2) is 20.4 Å². The number of imidazole rings is 1. The zero-order chi connectivity index (χ0) is 11.0. The van der Waals surface area contributed by atoms with Crippen LogP contribution in [0.3, 0.4) is 0 Å². The lowest BCUT2D eigenvalue weighted by Crippen LogP contribution is -2.39. The standard InChI is InChI=1S/C12H16N4/c1-9-5-10(6-9)14-7-11-8-15-12-13-3-2-4-16(11)12/h2-4,8-10,14H,5-7H2,1H3. The number of hydrogen-bond donors (Lipinski definition) is 1. The SMILES string of the molecule is CC1CC(NCc2cnc3ncccn23)C1. The summed E-state index contributed by atoms with van der Waals surface area (Å²) in [6.45, 7) is 3.18. The van der Waals surface area contributed by atoms with E-state index in [0.717, 1.165) is 18.2 Å². The van der Waals surface area contributed by atoms with E-state index in [4.69, 9.17) is 0 Å². The fourth-order valence-electron chi connectivity index (χ4n) is 2.33. The Morgan fingerprint density at radius 2 is 2.31 bits per heavy atom. The third-order valence-electron chi connectivity index (χ3n) is 3.31. The number of aromatic nitrogens is 3. The smallest absolute Gasteiger partial charge is 0.233 e. The first-order valence-corrected chi connectivity index (χ1v) is 5.83. The summed E-state index contributed by atoms with van der Waals surface area (Å²) in [7, 11) is 0. The summed E-state index contributed by atoms with van der Waals surface area (Å²) in [6.07, 6.45) is 8.28. The van der Waals surface area contributed by atoms with E-state index in [-0.39, 0.29) is 0 Å². The molecule has 1 aliphatic rings. The second kappa shape index (κ2) is 3.87. The summed E-state index contributed by atoms with van der Waals surface area (Å²) in [6, 6.07) is 2.63. The zero-order valence-electron chi connectivity index (χ0n) is 9.43. The summed E-state index contributed by atoms with van der Waals surface area (Å²) < 4.78 is 2.04. The number of rotatable bonds is 3. The molecule has 1 aliphatic carbocycles. The largest absolute Gasteiger partial charge is 0.308 e. The van der Waals surface area contributed by atoms with Crippen molar-refractivity contribution in [2.45, 2.75) is 32.4 Å². The van der Waals surface area contributed by atoms with Gasteiger partial charge in [0.15, 0.2) is 0 Å². The molecule has 4 heteroatoms. The third-order valence-corrected chi connectivity index (χ3v) is 3.31. The quantitative estimate of drug-likeness (QED) is 0.847. The van der Waals surface area contributed by atoms with Gasteiger partial charge in [-0.2, -0.15) is 0 Å². The Morgan fingerprint density at radius 1 is 1.44 bits per heavy atom. The van der Waals surface area contributed by atoms with Crippen molar-refractivity contribution in [2.75, 3.05) is 0 Å². The maximum atomic E-state index is 4.27. The molecule has 0 radical (unpaired) electrons. The van der Waals surface area contributed by atoms with Crippen LogP contribution in [0, 0.1) is 5.92 Å². The molecule has 2 aromatic rings. The molecule has 0 saturated heterocycles. The lowest BCUT2D eigenvalue weighted by atomic mass is 9.82. The third kappa shape index (κ3) is 1.69. The van der Waals surface area contributed by atoms with Gasteiger partial charge in [-0.3, -0.25) is 4.40 Å². The Morgan fingerprint density at radius 3 is 3.12 bits per heavy atom. The van der Waals surface area contributed by atoms with Crippen molar-refractivity contribution >= 4 is 5.78 Å². The second-order valence-electron chi connectivity index (χ2n) is 4.69. The molecule has 0 atom stereocenters. The monoisotopic (exact) mass is 216 g/mol. The first-order chi connectivity index (χ1) is 7.83. The van der Waals surface area contributed by atoms with Crippen LogP contribution in [0.15, 0.2) is 24.7 Å². The molecule has 1 saturated carbocycles. The Kier molecular flexibility index (Phi) is 2.36. The number of fused-ring (bicyclic) bond motifs is 1. The van der Waals surface area contributed by atoms with Crippen molar-refractivity contribution in [2.24, 2.45) is 5.92 Å². The van der Waals surface area contributed by atoms with Gasteiger partial charge in [0.05, 0.1) is 11.9 Å². The van der Waals surface area contributed by atoms with Gasteiger partial charge in [0.25, 0.3) is 0 Å². The van der Waals surface area contributed by atoms with E-state index in [1.165, 1.54) is 18.5 Å². The van der Waals surface area contributed by atoms with E-state index in [9.17, 15) is 0 Å². The molecule has 0 amide bonds. The lowest BCUT2D eigenvalue weighted by molar-refractivity contribution is 0.239. The van der Waals surface area contributed by atoms with Crippen LogP contribution in [-0.2, 0) is 6.54 Å². The second-order valence-corrected chi connectivity index (χ2v) is 4.69. The topological polar surface area (TPSA) is 42.2 Å². The predicted molar refractivity (Wildman–Crippen MR) is 62.0 cm³/mol. The number of nitrogens with zero attached hydrogens (tertiary/aromatic N) is 3. The maximum Gasteiger partial charge on any atom is 0.233 e. The van der Waals surface area contributed by atoms with Crippen LogP contribution in [0.1, 0.15) is 25.5 Å². The van der Waals surface area contributed by atoms with Crippen LogP contribution in [0.2, 0.25) is 0 Å². The number of hydrogen-bond acceptors (Lipinski definition) is 3. The average molecular weight is 216 g/mol. The Bertz CT molecular complexity index is 484. The molecule has 84 valence electrons. The lowest BCUT2D eigenvalue weighted by Gasteiger charge is -2.33. The van der Waals surface area contributed by atoms with Crippen LogP contribution < -0.4 is 5.32 Å². The first kappa shape index (κ1) is 9.78. The maximum absolute atomic E-state index is 4.27. The van der Waals surface area contributed by atoms with Crippen LogP contribution in [0.25, 0.3) is 5.78 Å². The molecule has 16 heavy (non-hydrogen) atoms. The van der Waals surface area contributed by atoms with Gasteiger partial charge in [0, 0.05) is 25.0 Å². The highest BCUT2D eigenvalue weighted by Gasteiger charge is 2.24. The van der Waals surface area contributed by atoms with Crippen molar-refractivity contribution in [1.29, 1.82) is 0 Å². The first-order valence-electron chi connectivity index (χ1n) is 5.83. The van der Waals surface area contributed by atoms with Crippen molar-refractivity contribution in [1.82, 2.24) is 19.7 Å². The fraction of sp³-hybridized carbons (Fsp3) is 0.500. The average Bonchev–Trinajstić information content (AvgIpc) is 2.66. The molecule has 1 fully saturated rings. The predicted octanol–water partition coefficient (Wildman–Crippen LogP) is 1.62. The van der Waals surface area contributed by atoms with Gasteiger partial charge in [-0.05, 0) is 24.8 Å². The van der Waals surface area contributed by atoms with Gasteiger partial charge in [-0.15, -0.1) is 0 Å². The summed E-state index contributed by atoms with van der Waals surface area (Å²) >= 11 is 0. The Hall–Kier alpha value is -1.42. The van der Waals surface area contributed by atoms with Gasteiger partial charge in [-0.1, -0.05) is 6.92 Å². The van der Waals surface area contributed by atoms with Crippen molar-refractivity contribution < 1.29 is 0 Å². The van der Waals surface area contributed by atoms with Crippen LogP contribution in [0.5, 0.6) is 0 Å². The van der Waals surface area contributed by atoms with Crippen molar-refractivity contribution in [3.05, 3.63) is 30.4 Å². The molecule has 0 bridgehead atoms. The molecule has 0 aromatic carbocycles. The minimum absolute atomic E-state index is 0.692. The fourth-order valence-corrected chi connectivity index (χ4v) is 2.33. The van der Waals surface area contributed by atoms with E-state index in [2.05, 4.69) is 22.2 Å². The van der Waals surface area contributed by atoms with Gasteiger partial charge in [-0.25, -0.2) is 9.97 Å². The van der Waals surface area contributed by atoms with E-state index in [0.29, 0.717) is 6.04 Å². The summed E-state index contributed by atoms with van der Waals surface area (Å²) in [5.74, 6) is 1.67. The summed E-state index contributed by atoms with van der Waals surface area (Å²) in [5.41, 5.74) is 1.18. The molecule has 2 heterocycles. The molecule has 1 N–H and O–H groups in total. The minimum atomic E-state index is 0.692. The van der Waals surface area contributed by atoms with E-state index in [1.807, 2.05) is 22.9 Å². The highest BCUT2D eigenvalue weighted by atomic mass is 15.1. The van der Waals surface area contributed by atoms with Crippen molar-refractivity contribution in [3.8, 4) is 0 Å². The highest BCUT2D eigenvalue weighted by molar-refractivity contribution is 5.30. The van der Waals surface area contributed by atoms with Gasteiger partial charge >= 0.3 is 0 Å². The highest BCUT2D eigenvalue weighted by Crippen LogP contribution is 2.26. The molecule has 0 unspecified atom stereocenters. The van der Waals surface area contributed by atoms with E-state index in [1.54, 1.807) is 6.20 Å². The minimum Gasteiger partial charge on any atom is -0.308 e. The summed E-state index contributed by atoms with van der Waals surface area (Å²) in [5, 5.41) is 3.56. The van der Waals surface area contributed by atoms with Gasteiger partial charge in [0.2, 0.25) is 5.78 Å². The Labute approximate surface area is 94.7 Å². The normalized spacial score (nSPS) is 24.6. The molecule has 0 spiro atoms. The Balaban J connectivity index is 1.70. The molecular weight excluding hydrogens is 200 g/mol. The van der Waals surface area contributed by atoms with Crippen LogP contribution in [0.4, 0.5) is 0 Å². The number of nitrogens with one attached hydrogen (secondary N) is 1.